The monoisotopic (exact) mass is 231 g/mol. The van der Waals surface area contributed by atoms with Gasteiger partial charge in [0.05, 0.1) is 17.4 Å². The molecule has 1 aromatic carbocycles. The van der Waals surface area contributed by atoms with E-state index in [0.29, 0.717) is 13.0 Å². The summed E-state index contributed by atoms with van der Waals surface area (Å²) < 4.78 is 2.06. The summed E-state index contributed by atoms with van der Waals surface area (Å²) in [7, 11) is 0. The first kappa shape index (κ1) is 11.6. The largest absolute Gasteiger partial charge is 0.354 e. The molecule has 0 fully saturated rings. The maximum absolute atomic E-state index is 11.3. The predicted octanol–water partition coefficient (Wildman–Crippen LogP) is 1.95. The molecule has 0 spiro atoms. The van der Waals surface area contributed by atoms with E-state index in [1.165, 1.54) is 0 Å². The van der Waals surface area contributed by atoms with E-state index >= 15 is 0 Å². The molecule has 0 unspecified atom stereocenters. The van der Waals surface area contributed by atoms with Gasteiger partial charge in [0.15, 0.2) is 0 Å². The Labute approximate surface area is 101 Å². The Morgan fingerprint density at radius 3 is 3.06 bits per heavy atom. The zero-order valence-corrected chi connectivity index (χ0v) is 10.0. The normalized spacial score (nSPS) is 10.6. The molecular weight excluding hydrogens is 214 g/mol. The van der Waals surface area contributed by atoms with Gasteiger partial charge >= 0.3 is 0 Å². The van der Waals surface area contributed by atoms with E-state index in [2.05, 4.69) is 14.9 Å². The fourth-order valence-corrected chi connectivity index (χ4v) is 1.82. The molecule has 4 nitrogen and oxygen atoms in total. The van der Waals surface area contributed by atoms with Crippen LogP contribution in [-0.2, 0) is 11.3 Å². The number of carbonyl (C=O) groups is 1. The summed E-state index contributed by atoms with van der Waals surface area (Å²) in [6, 6.07) is 8.00. The SMILES string of the molecule is CCCC(=O)NCCn1cnc2ccccc21. The number of fused-ring (bicyclic) bond motifs is 1. The van der Waals surface area contributed by atoms with Crippen LogP contribution in [0.25, 0.3) is 11.0 Å². The second kappa shape index (κ2) is 5.48. The molecule has 0 bridgehead atoms. The van der Waals surface area contributed by atoms with E-state index in [-0.39, 0.29) is 5.91 Å². The van der Waals surface area contributed by atoms with Gasteiger partial charge in [0.25, 0.3) is 0 Å². The Balaban J connectivity index is 1.93. The quantitative estimate of drug-likeness (QED) is 0.855. The lowest BCUT2D eigenvalue weighted by Crippen LogP contribution is -2.26. The number of nitrogens with one attached hydrogen (secondary N) is 1. The van der Waals surface area contributed by atoms with E-state index in [0.717, 1.165) is 24.0 Å². The second-order valence-corrected chi connectivity index (χ2v) is 4.03. The third kappa shape index (κ3) is 2.84. The number of amides is 1. The Hall–Kier alpha value is -1.84. The number of hydrogen-bond acceptors (Lipinski definition) is 2. The van der Waals surface area contributed by atoms with Crippen molar-refractivity contribution in [1.29, 1.82) is 0 Å². The zero-order valence-electron chi connectivity index (χ0n) is 10.0. The molecular formula is C13H17N3O. The number of rotatable bonds is 5. The molecule has 1 aromatic heterocycles. The Kier molecular flexibility index (Phi) is 3.75. The molecule has 0 radical (unpaired) electrons. The van der Waals surface area contributed by atoms with Gasteiger partial charge in [-0.3, -0.25) is 4.79 Å². The van der Waals surface area contributed by atoms with Crippen LogP contribution in [-0.4, -0.2) is 22.0 Å². The second-order valence-electron chi connectivity index (χ2n) is 4.03. The van der Waals surface area contributed by atoms with Crippen molar-refractivity contribution in [2.45, 2.75) is 26.3 Å². The molecule has 1 N–H and O–H groups in total. The van der Waals surface area contributed by atoms with Crippen molar-refractivity contribution in [3.8, 4) is 0 Å². The lowest BCUT2D eigenvalue weighted by molar-refractivity contribution is -0.121. The fraction of sp³-hybridized carbons (Fsp3) is 0.385. The Morgan fingerprint density at radius 2 is 2.24 bits per heavy atom. The van der Waals surface area contributed by atoms with Crippen LogP contribution in [0.2, 0.25) is 0 Å². The van der Waals surface area contributed by atoms with Gasteiger partial charge < -0.3 is 9.88 Å². The molecule has 90 valence electrons. The Morgan fingerprint density at radius 1 is 1.41 bits per heavy atom. The highest BCUT2D eigenvalue weighted by Gasteiger charge is 2.02. The van der Waals surface area contributed by atoms with Gasteiger partial charge in [0, 0.05) is 19.5 Å². The first-order valence-electron chi connectivity index (χ1n) is 5.98. The van der Waals surface area contributed by atoms with Crippen LogP contribution in [0.3, 0.4) is 0 Å². The first-order valence-corrected chi connectivity index (χ1v) is 5.98. The van der Waals surface area contributed by atoms with Gasteiger partial charge in [-0.25, -0.2) is 4.98 Å². The van der Waals surface area contributed by atoms with Crippen molar-refractivity contribution in [3.63, 3.8) is 0 Å². The molecule has 4 heteroatoms. The number of benzene rings is 1. The average molecular weight is 231 g/mol. The van der Waals surface area contributed by atoms with Crippen LogP contribution in [0, 0.1) is 0 Å². The van der Waals surface area contributed by atoms with E-state index < -0.39 is 0 Å². The van der Waals surface area contributed by atoms with Crippen LogP contribution in [0.1, 0.15) is 19.8 Å². The van der Waals surface area contributed by atoms with Crippen LogP contribution in [0.4, 0.5) is 0 Å². The molecule has 0 aliphatic carbocycles. The third-order valence-electron chi connectivity index (χ3n) is 2.68. The van der Waals surface area contributed by atoms with Crippen molar-refractivity contribution in [1.82, 2.24) is 14.9 Å². The number of imidazole rings is 1. The molecule has 0 aliphatic rings. The lowest BCUT2D eigenvalue weighted by atomic mass is 10.3. The molecule has 2 rings (SSSR count). The minimum atomic E-state index is 0.122. The number of para-hydroxylation sites is 2. The highest BCUT2D eigenvalue weighted by atomic mass is 16.1. The summed E-state index contributed by atoms with van der Waals surface area (Å²) >= 11 is 0. The highest BCUT2D eigenvalue weighted by Crippen LogP contribution is 2.10. The summed E-state index contributed by atoms with van der Waals surface area (Å²) in [5.41, 5.74) is 2.10. The van der Waals surface area contributed by atoms with E-state index in [9.17, 15) is 4.79 Å². The van der Waals surface area contributed by atoms with Crippen molar-refractivity contribution >= 4 is 16.9 Å². The molecule has 1 amide bonds. The van der Waals surface area contributed by atoms with E-state index in [1.54, 1.807) is 0 Å². The third-order valence-corrected chi connectivity index (χ3v) is 2.68. The average Bonchev–Trinajstić information content (AvgIpc) is 2.73. The van der Waals surface area contributed by atoms with E-state index in [1.807, 2.05) is 37.5 Å². The smallest absolute Gasteiger partial charge is 0.220 e. The van der Waals surface area contributed by atoms with Crippen molar-refractivity contribution in [2.75, 3.05) is 6.54 Å². The molecule has 2 aromatic rings. The maximum Gasteiger partial charge on any atom is 0.220 e. The summed E-state index contributed by atoms with van der Waals surface area (Å²) in [6.07, 6.45) is 3.31. The predicted molar refractivity (Wildman–Crippen MR) is 67.7 cm³/mol. The van der Waals surface area contributed by atoms with Crippen LogP contribution in [0.15, 0.2) is 30.6 Å². The van der Waals surface area contributed by atoms with Crippen LogP contribution in [0.5, 0.6) is 0 Å². The Bertz CT molecular complexity index is 504. The maximum atomic E-state index is 11.3. The van der Waals surface area contributed by atoms with Crippen LogP contribution >= 0.6 is 0 Å². The number of nitrogens with zero attached hydrogens (tertiary/aromatic N) is 2. The molecule has 1 heterocycles. The van der Waals surface area contributed by atoms with Gasteiger partial charge in [-0.2, -0.15) is 0 Å². The zero-order chi connectivity index (χ0) is 12.1. The number of hydrogen-bond donors (Lipinski definition) is 1. The number of aromatic nitrogens is 2. The first-order chi connectivity index (χ1) is 8.31. The highest BCUT2D eigenvalue weighted by molar-refractivity contribution is 5.76. The fourth-order valence-electron chi connectivity index (χ4n) is 1.82. The molecule has 0 saturated heterocycles. The molecule has 0 saturated carbocycles. The minimum absolute atomic E-state index is 0.122. The molecule has 0 atom stereocenters. The summed E-state index contributed by atoms with van der Waals surface area (Å²) in [6.45, 7) is 3.41. The topological polar surface area (TPSA) is 46.9 Å². The lowest BCUT2D eigenvalue weighted by Gasteiger charge is -2.06. The minimum Gasteiger partial charge on any atom is -0.354 e. The van der Waals surface area contributed by atoms with Gasteiger partial charge in [-0.15, -0.1) is 0 Å². The standard InChI is InChI=1S/C13H17N3O/c1-2-5-13(17)14-8-9-16-10-15-11-6-3-4-7-12(11)16/h3-4,6-7,10H,2,5,8-9H2,1H3,(H,14,17). The number of carbonyl (C=O) groups excluding carboxylic acids is 1. The molecule has 0 aliphatic heterocycles. The van der Waals surface area contributed by atoms with Gasteiger partial charge in [-0.05, 0) is 18.6 Å². The van der Waals surface area contributed by atoms with Crippen molar-refractivity contribution in [2.24, 2.45) is 0 Å². The van der Waals surface area contributed by atoms with Gasteiger partial charge in [0.1, 0.15) is 0 Å². The summed E-state index contributed by atoms with van der Waals surface area (Å²) in [5, 5.41) is 2.90. The summed E-state index contributed by atoms with van der Waals surface area (Å²) in [5.74, 6) is 0.122. The van der Waals surface area contributed by atoms with Crippen LogP contribution < -0.4 is 5.32 Å². The van der Waals surface area contributed by atoms with Crippen molar-refractivity contribution < 1.29 is 4.79 Å². The van der Waals surface area contributed by atoms with E-state index in [4.69, 9.17) is 0 Å². The van der Waals surface area contributed by atoms with Crippen molar-refractivity contribution in [3.05, 3.63) is 30.6 Å². The van der Waals surface area contributed by atoms with Gasteiger partial charge in [-0.1, -0.05) is 19.1 Å². The van der Waals surface area contributed by atoms with Gasteiger partial charge in [0.2, 0.25) is 5.91 Å². The molecule has 17 heavy (non-hydrogen) atoms. The summed E-state index contributed by atoms with van der Waals surface area (Å²) in [4.78, 5) is 15.6.